The molecular formula is C22H35N3O5. The average Bonchev–Trinajstić information content (AvgIpc) is 2.67. The number of carbonyl (C=O) groups is 1. The second-order valence-corrected chi connectivity index (χ2v) is 8.46. The molecule has 0 bridgehead atoms. The zero-order chi connectivity index (χ0) is 22.3. The Balaban J connectivity index is 2.35. The van der Waals surface area contributed by atoms with Crippen LogP contribution < -0.4 is 15.4 Å². The number of aliphatic hydroxyl groups excluding tert-OH is 1. The van der Waals surface area contributed by atoms with Crippen molar-refractivity contribution in [2.45, 2.75) is 90.4 Å². The lowest BCUT2D eigenvalue weighted by atomic mass is 9.86. The van der Waals surface area contributed by atoms with E-state index in [0.29, 0.717) is 24.3 Å². The van der Waals surface area contributed by atoms with Gasteiger partial charge in [-0.05, 0) is 39.3 Å². The molecule has 2 unspecified atom stereocenters. The number of fused-ring (bicyclic) bond motifs is 1. The van der Waals surface area contributed by atoms with Crippen molar-refractivity contribution in [3.63, 3.8) is 0 Å². The smallest absolute Gasteiger partial charge is 0.296 e. The predicted octanol–water partition coefficient (Wildman–Crippen LogP) is 4.47. The lowest BCUT2D eigenvalue weighted by molar-refractivity contribution is -0.384. The molecule has 1 aromatic carbocycles. The van der Waals surface area contributed by atoms with Gasteiger partial charge in [0.2, 0.25) is 5.91 Å². The zero-order valence-corrected chi connectivity index (χ0v) is 18.5. The summed E-state index contributed by atoms with van der Waals surface area (Å²) in [5, 5.41) is 28.6. The maximum absolute atomic E-state index is 12.3. The lowest BCUT2D eigenvalue weighted by Gasteiger charge is -2.42. The fourth-order valence-corrected chi connectivity index (χ4v) is 3.69. The van der Waals surface area contributed by atoms with Gasteiger partial charge in [-0.2, -0.15) is 0 Å². The number of amides is 1. The molecule has 1 heterocycles. The van der Waals surface area contributed by atoms with Gasteiger partial charge in [-0.15, -0.1) is 0 Å². The summed E-state index contributed by atoms with van der Waals surface area (Å²) in [6, 6.07) is 2.48. The van der Waals surface area contributed by atoms with Gasteiger partial charge in [-0.25, -0.2) is 0 Å². The normalized spacial score (nSPS) is 19.6. The fraction of sp³-hybridized carbons (Fsp3) is 0.682. The van der Waals surface area contributed by atoms with Crippen LogP contribution in [0.25, 0.3) is 0 Å². The Morgan fingerprint density at radius 2 is 1.87 bits per heavy atom. The van der Waals surface area contributed by atoms with E-state index in [1.54, 1.807) is 19.9 Å². The number of hydrogen-bond acceptors (Lipinski definition) is 6. The van der Waals surface area contributed by atoms with Gasteiger partial charge in [-0.1, -0.05) is 39.5 Å². The molecule has 0 fully saturated rings. The second kappa shape index (κ2) is 10.7. The minimum atomic E-state index is -0.909. The molecule has 0 radical (unpaired) electrons. The maximum Gasteiger partial charge on any atom is 0.296 e. The lowest BCUT2D eigenvalue weighted by Crippen LogP contribution is -2.52. The molecule has 1 aliphatic rings. The molecule has 8 nitrogen and oxygen atoms in total. The SMILES string of the molecule is CCCCCNC1c2cc(NC(=O)CCCCC)c([N+](=O)[O-])cc2OC(C)(C)C1O. The molecule has 1 aromatic rings. The van der Waals surface area contributed by atoms with E-state index in [2.05, 4.69) is 17.6 Å². The molecule has 30 heavy (non-hydrogen) atoms. The molecule has 168 valence electrons. The van der Waals surface area contributed by atoms with Gasteiger partial charge < -0.3 is 20.5 Å². The van der Waals surface area contributed by atoms with Crippen LogP contribution in [0.15, 0.2) is 12.1 Å². The number of hydrogen-bond donors (Lipinski definition) is 3. The van der Waals surface area contributed by atoms with Gasteiger partial charge in [0, 0.05) is 12.0 Å². The molecule has 8 heteroatoms. The molecule has 0 spiro atoms. The number of anilines is 1. The molecule has 3 N–H and O–H groups in total. The summed E-state index contributed by atoms with van der Waals surface area (Å²) in [5.74, 6) is 0.102. The van der Waals surface area contributed by atoms with E-state index in [0.717, 1.165) is 38.5 Å². The third kappa shape index (κ3) is 5.92. The number of unbranched alkanes of at least 4 members (excludes halogenated alkanes) is 4. The Labute approximate surface area is 178 Å². The number of rotatable bonds is 11. The Kier molecular flexibility index (Phi) is 8.61. The number of carbonyl (C=O) groups excluding carboxylic acids is 1. The number of nitro benzene ring substituents is 1. The highest BCUT2D eigenvalue weighted by Crippen LogP contribution is 2.44. The van der Waals surface area contributed by atoms with Crippen molar-refractivity contribution >= 4 is 17.3 Å². The Morgan fingerprint density at radius 1 is 1.20 bits per heavy atom. The van der Waals surface area contributed by atoms with Crippen LogP contribution in [0.1, 0.15) is 84.2 Å². The van der Waals surface area contributed by atoms with Crippen LogP contribution in [0.3, 0.4) is 0 Å². The first-order chi connectivity index (χ1) is 14.2. The largest absolute Gasteiger partial charge is 0.484 e. The van der Waals surface area contributed by atoms with Crippen LogP contribution in [-0.4, -0.2) is 34.2 Å². The van der Waals surface area contributed by atoms with Crippen molar-refractivity contribution in [1.82, 2.24) is 5.32 Å². The van der Waals surface area contributed by atoms with E-state index >= 15 is 0 Å². The molecule has 0 aliphatic carbocycles. The van der Waals surface area contributed by atoms with Crippen LogP contribution in [0, 0.1) is 10.1 Å². The van der Waals surface area contributed by atoms with Crippen LogP contribution in [-0.2, 0) is 4.79 Å². The van der Waals surface area contributed by atoms with E-state index in [1.807, 2.05) is 6.92 Å². The molecule has 1 aliphatic heterocycles. The second-order valence-electron chi connectivity index (χ2n) is 8.46. The monoisotopic (exact) mass is 421 g/mol. The van der Waals surface area contributed by atoms with Crippen molar-refractivity contribution in [2.75, 3.05) is 11.9 Å². The van der Waals surface area contributed by atoms with E-state index < -0.39 is 22.7 Å². The van der Waals surface area contributed by atoms with E-state index in [1.165, 1.54) is 6.07 Å². The highest BCUT2D eigenvalue weighted by Gasteiger charge is 2.43. The Bertz CT molecular complexity index is 751. The number of ether oxygens (including phenoxy) is 1. The summed E-state index contributed by atoms with van der Waals surface area (Å²) in [4.78, 5) is 23.4. The summed E-state index contributed by atoms with van der Waals surface area (Å²) >= 11 is 0. The van der Waals surface area contributed by atoms with Crippen LogP contribution >= 0.6 is 0 Å². The number of nitrogens with zero attached hydrogens (tertiary/aromatic N) is 1. The topological polar surface area (TPSA) is 114 Å². The quantitative estimate of drug-likeness (QED) is 0.276. The minimum Gasteiger partial charge on any atom is -0.484 e. The summed E-state index contributed by atoms with van der Waals surface area (Å²) in [7, 11) is 0. The first-order valence-electron chi connectivity index (χ1n) is 10.9. The van der Waals surface area contributed by atoms with Gasteiger partial charge in [0.1, 0.15) is 23.1 Å². The highest BCUT2D eigenvalue weighted by molar-refractivity contribution is 5.93. The third-order valence-electron chi connectivity index (χ3n) is 5.49. The fourth-order valence-electron chi connectivity index (χ4n) is 3.69. The maximum atomic E-state index is 12.3. The van der Waals surface area contributed by atoms with Gasteiger partial charge in [-0.3, -0.25) is 14.9 Å². The molecule has 0 saturated carbocycles. The minimum absolute atomic E-state index is 0.135. The first kappa shape index (κ1) is 24.1. The number of nitrogens with one attached hydrogen (secondary N) is 2. The Hall–Kier alpha value is -2.19. The summed E-state index contributed by atoms with van der Waals surface area (Å²) < 4.78 is 5.91. The number of aliphatic hydroxyl groups is 1. The first-order valence-corrected chi connectivity index (χ1v) is 10.9. The van der Waals surface area contributed by atoms with Gasteiger partial charge in [0.25, 0.3) is 5.69 Å². The van der Waals surface area contributed by atoms with Crippen molar-refractivity contribution in [3.8, 4) is 5.75 Å². The third-order valence-corrected chi connectivity index (χ3v) is 5.49. The molecule has 1 amide bonds. The summed E-state index contributed by atoms with van der Waals surface area (Å²) in [6.07, 6.45) is 5.24. The molecule has 0 saturated heterocycles. The standard InChI is InChI=1S/C22H35N3O5/c1-5-7-9-11-19(26)24-16-13-15-18(14-17(16)25(28)29)30-22(3,4)21(27)20(15)23-12-10-8-6-2/h13-14,20-21,23,27H,5-12H2,1-4H3,(H,24,26). The van der Waals surface area contributed by atoms with Crippen LogP contribution in [0.5, 0.6) is 5.75 Å². The van der Waals surface area contributed by atoms with Crippen molar-refractivity contribution < 1.29 is 19.6 Å². The molecule has 0 aromatic heterocycles. The average molecular weight is 422 g/mol. The van der Waals surface area contributed by atoms with E-state index in [4.69, 9.17) is 4.74 Å². The molecule has 2 rings (SSSR count). The van der Waals surface area contributed by atoms with Gasteiger partial charge >= 0.3 is 0 Å². The predicted molar refractivity (Wildman–Crippen MR) is 117 cm³/mol. The van der Waals surface area contributed by atoms with Crippen molar-refractivity contribution in [1.29, 1.82) is 0 Å². The summed E-state index contributed by atoms with van der Waals surface area (Å²) in [6.45, 7) is 8.40. The van der Waals surface area contributed by atoms with Crippen molar-refractivity contribution in [2.24, 2.45) is 0 Å². The van der Waals surface area contributed by atoms with Crippen molar-refractivity contribution in [3.05, 3.63) is 27.8 Å². The Morgan fingerprint density at radius 3 is 2.50 bits per heavy atom. The summed E-state index contributed by atoms with van der Waals surface area (Å²) in [5.41, 5.74) is -0.368. The van der Waals surface area contributed by atoms with E-state index in [-0.39, 0.29) is 17.3 Å². The van der Waals surface area contributed by atoms with Gasteiger partial charge in [0.15, 0.2) is 0 Å². The molecular weight excluding hydrogens is 386 g/mol. The highest BCUT2D eigenvalue weighted by atomic mass is 16.6. The van der Waals surface area contributed by atoms with Gasteiger partial charge in [0.05, 0.1) is 17.0 Å². The number of nitro groups is 1. The molecule has 2 atom stereocenters. The zero-order valence-electron chi connectivity index (χ0n) is 18.5. The number of benzene rings is 1. The van der Waals surface area contributed by atoms with Crippen LogP contribution in [0.2, 0.25) is 0 Å². The van der Waals surface area contributed by atoms with Crippen LogP contribution in [0.4, 0.5) is 11.4 Å². The van der Waals surface area contributed by atoms with E-state index in [9.17, 15) is 20.0 Å².